The predicted octanol–water partition coefficient (Wildman–Crippen LogP) is 4.20. The number of rotatable bonds is 6. The quantitative estimate of drug-likeness (QED) is 0.566. The van der Waals surface area contributed by atoms with Crippen LogP contribution in [-0.2, 0) is 0 Å². The molecule has 0 saturated carbocycles. The van der Waals surface area contributed by atoms with Gasteiger partial charge in [0.1, 0.15) is 5.82 Å². The maximum atomic E-state index is 13.0. The average Bonchev–Trinajstić information content (AvgIpc) is 2.37. The summed E-state index contributed by atoms with van der Waals surface area (Å²) in [5.41, 5.74) is 0.482. The molecule has 1 aromatic carbocycles. The van der Waals surface area contributed by atoms with E-state index in [0.29, 0.717) is 21.6 Å². The van der Waals surface area contributed by atoms with Gasteiger partial charge in [-0.3, -0.25) is 4.79 Å². The zero-order valence-corrected chi connectivity index (χ0v) is 14.0. The number of halogens is 3. The van der Waals surface area contributed by atoms with E-state index in [-0.39, 0.29) is 17.1 Å². The van der Waals surface area contributed by atoms with Crippen molar-refractivity contribution in [3.05, 3.63) is 33.1 Å². The first kappa shape index (κ1) is 16.7. The largest absolute Gasteiger partial charge is 0.351 e. The number of alkyl halides is 1. The van der Waals surface area contributed by atoms with Gasteiger partial charge in [0.25, 0.3) is 5.91 Å². The molecular weight excluding hydrogens is 380 g/mol. The minimum Gasteiger partial charge on any atom is -0.351 e. The molecule has 1 atom stereocenters. The van der Waals surface area contributed by atoms with Crippen molar-refractivity contribution in [3.8, 4) is 0 Å². The number of benzene rings is 1. The number of carbonyl (C=O) groups is 1. The van der Waals surface area contributed by atoms with Crippen LogP contribution in [0.25, 0.3) is 0 Å². The number of amides is 1. The minimum atomic E-state index is -0.340. The summed E-state index contributed by atoms with van der Waals surface area (Å²) in [7, 11) is 0. The van der Waals surface area contributed by atoms with E-state index >= 15 is 0 Å². The number of hydrogen-bond acceptors (Lipinski definition) is 1. The molecule has 1 unspecified atom stereocenters. The van der Waals surface area contributed by atoms with Crippen molar-refractivity contribution in [2.45, 2.75) is 32.1 Å². The lowest BCUT2D eigenvalue weighted by Crippen LogP contribution is -2.33. The van der Waals surface area contributed by atoms with Crippen LogP contribution in [0.1, 0.15) is 37.0 Å². The average molecular weight is 398 g/mol. The van der Waals surface area contributed by atoms with Crippen molar-refractivity contribution >= 4 is 40.1 Å². The highest BCUT2D eigenvalue weighted by atomic mass is 127. The third kappa shape index (κ3) is 4.91. The molecule has 0 aliphatic heterocycles. The van der Waals surface area contributed by atoms with Crippen LogP contribution in [0.4, 0.5) is 4.39 Å². The Bertz CT molecular complexity index is 437. The van der Waals surface area contributed by atoms with Crippen molar-refractivity contribution in [1.82, 2.24) is 5.32 Å². The van der Waals surface area contributed by atoms with Gasteiger partial charge < -0.3 is 5.32 Å². The molecule has 1 N–H and O–H groups in total. The van der Waals surface area contributed by atoms with Gasteiger partial charge in [-0.2, -0.15) is 0 Å². The zero-order valence-electron chi connectivity index (χ0n) is 11.1. The second-order valence-corrected chi connectivity index (χ2v) is 6.15. The Kier molecular flexibility index (Phi) is 7.07. The van der Waals surface area contributed by atoms with Crippen molar-refractivity contribution in [2.75, 3.05) is 6.54 Å². The van der Waals surface area contributed by atoms with E-state index in [1.807, 2.05) is 22.6 Å². The molecule has 0 aromatic heterocycles. The molecule has 0 saturated heterocycles. The Labute approximate surface area is 132 Å². The van der Waals surface area contributed by atoms with Crippen LogP contribution < -0.4 is 5.32 Å². The molecule has 5 heteroatoms. The highest BCUT2D eigenvalue weighted by molar-refractivity contribution is 14.1. The number of nitrogens with one attached hydrogen (secondary N) is 1. The first-order valence-corrected chi connectivity index (χ1v) is 7.88. The van der Waals surface area contributed by atoms with Crippen LogP contribution in [0.2, 0.25) is 0 Å². The van der Waals surface area contributed by atoms with Gasteiger partial charge in [0.05, 0.1) is 10.9 Å². The summed E-state index contributed by atoms with van der Waals surface area (Å²) in [6.45, 7) is 4.61. The van der Waals surface area contributed by atoms with Crippen LogP contribution >= 0.6 is 34.2 Å². The van der Waals surface area contributed by atoms with E-state index in [9.17, 15) is 9.18 Å². The lowest BCUT2D eigenvalue weighted by atomic mass is 9.99. The summed E-state index contributed by atoms with van der Waals surface area (Å²) in [6.07, 6.45) is 1.99. The zero-order chi connectivity index (χ0) is 14.4. The Hall–Kier alpha value is -0.360. The fourth-order valence-corrected chi connectivity index (χ4v) is 3.08. The Morgan fingerprint density at radius 3 is 2.58 bits per heavy atom. The summed E-state index contributed by atoms with van der Waals surface area (Å²) in [4.78, 5) is 12.0. The third-order valence-electron chi connectivity index (χ3n) is 3.19. The van der Waals surface area contributed by atoms with Gasteiger partial charge >= 0.3 is 0 Å². The number of hydrogen-bond donors (Lipinski definition) is 1. The summed E-state index contributed by atoms with van der Waals surface area (Å²) >= 11 is 8.22. The fourth-order valence-electron chi connectivity index (χ4n) is 1.93. The van der Waals surface area contributed by atoms with E-state index in [1.165, 1.54) is 18.2 Å². The van der Waals surface area contributed by atoms with Gasteiger partial charge in [-0.15, -0.1) is 11.6 Å². The van der Waals surface area contributed by atoms with Gasteiger partial charge in [0.15, 0.2) is 0 Å². The van der Waals surface area contributed by atoms with Crippen LogP contribution in [-0.4, -0.2) is 17.8 Å². The van der Waals surface area contributed by atoms with E-state index in [2.05, 4.69) is 19.2 Å². The van der Waals surface area contributed by atoms with E-state index in [0.717, 1.165) is 12.8 Å². The molecule has 0 spiro atoms. The highest BCUT2D eigenvalue weighted by Gasteiger charge is 2.17. The van der Waals surface area contributed by atoms with Crippen LogP contribution in [0.3, 0.4) is 0 Å². The van der Waals surface area contributed by atoms with Crippen molar-refractivity contribution < 1.29 is 9.18 Å². The molecule has 1 aromatic rings. The number of carbonyl (C=O) groups excluding carboxylic acids is 1. The standard InChI is InChI=1S/C14H18ClFINO/c1-3-9(4-2)12(15)8-18-14(19)11-6-5-10(16)7-13(11)17/h5-7,9,12H,3-4,8H2,1-2H3,(H,18,19). The molecule has 0 aliphatic carbocycles. The maximum absolute atomic E-state index is 13.0. The summed E-state index contributed by atoms with van der Waals surface area (Å²) in [6, 6.07) is 4.12. The summed E-state index contributed by atoms with van der Waals surface area (Å²) < 4.78 is 13.6. The first-order chi connectivity index (χ1) is 8.99. The van der Waals surface area contributed by atoms with Crippen molar-refractivity contribution in [2.24, 2.45) is 5.92 Å². The van der Waals surface area contributed by atoms with Crippen molar-refractivity contribution in [1.29, 1.82) is 0 Å². The van der Waals surface area contributed by atoms with Crippen LogP contribution in [0.5, 0.6) is 0 Å². The smallest absolute Gasteiger partial charge is 0.252 e. The van der Waals surface area contributed by atoms with E-state index in [1.54, 1.807) is 0 Å². The normalized spacial score (nSPS) is 12.5. The lowest BCUT2D eigenvalue weighted by molar-refractivity contribution is 0.0950. The van der Waals surface area contributed by atoms with Crippen molar-refractivity contribution in [3.63, 3.8) is 0 Å². The maximum Gasteiger partial charge on any atom is 0.252 e. The third-order valence-corrected chi connectivity index (χ3v) is 4.60. The predicted molar refractivity (Wildman–Crippen MR) is 85.2 cm³/mol. The Morgan fingerprint density at radius 1 is 1.42 bits per heavy atom. The monoisotopic (exact) mass is 397 g/mol. The molecule has 0 heterocycles. The van der Waals surface area contributed by atoms with E-state index in [4.69, 9.17) is 11.6 Å². The molecule has 0 aliphatic rings. The molecule has 19 heavy (non-hydrogen) atoms. The Morgan fingerprint density at radius 2 is 2.05 bits per heavy atom. The molecule has 2 nitrogen and oxygen atoms in total. The Balaban J connectivity index is 2.60. The van der Waals surface area contributed by atoms with Gasteiger partial charge in [-0.1, -0.05) is 26.7 Å². The summed E-state index contributed by atoms with van der Waals surface area (Å²) in [5.74, 6) is -0.150. The van der Waals surface area contributed by atoms with Gasteiger partial charge in [0, 0.05) is 10.1 Å². The second kappa shape index (κ2) is 8.04. The minimum absolute atomic E-state index is 0.0722. The molecule has 0 fully saturated rings. The molecular formula is C14H18ClFINO. The first-order valence-electron chi connectivity index (χ1n) is 6.36. The van der Waals surface area contributed by atoms with Gasteiger partial charge in [-0.05, 0) is 46.7 Å². The molecule has 0 radical (unpaired) electrons. The summed E-state index contributed by atoms with van der Waals surface area (Å²) in [5, 5.41) is 2.74. The second-order valence-electron chi connectivity index (χ2n) is 4.43. The van der Waals surface area contributed by atoms with Gasteiger partial charge in [0.2, 0.25) is 0 Å². The van der Waals surface area contributed by atoms with Crippen LogP contribution in [0.15, 0.2) is 18.2 Å². The molecule has 0 bridgehead atoms. The van der Waals surface area contributed by atoms with Gasteiger partial charge in [-0.25, -0.2) is 4.39 Å². The van der Waals surface area contributed by atoms with E-state index < -0.39 is 0 Å². The topological polar surface area (TPSA) is 29.1 Å². The SMILES string of the molecule is CCC(CC)C(Cl)CNC(=O)c1ccc(F)cc1I. The molecule has 106 valence electrons. The lowest BCUT2D eigenvalue weighted by Gasteiger charge is -2.19. The highest BCUT2D eigenvalue weighted by Crippen LogP contribution is 2.18. The van der Waals surface area contributed by atoms with Crippen LogP contribution in [0, 0.1) is 15.3 Å². The molecule has 1 amide bonds. The molecule has 1 rings (SSSR count). The fraction of sp³-hybridized carbons (Fsp3) is 0.500.